The lowest BCUT2D eigenvalue weighted by Gasteiger charge is -2.15. The number of nitrogens with zero attached hydrogens (tertiary/aromatic N) is 1. The zero-order chi connectivity index (χ0) is 21.6. The molecule has 0 unspecified atom stereocenters. The van der Waals surface area contributed by atoms with Gasteiger partial charge in [0.2, 0.25) is 5.91 Å². The molecule has 7 heteroatoms. The average molecular weight is 441 g/mol. The molecular formula is C23H21ClN2O3S. The van der Waals surface area contributed by atoms with Gasteiger partial charge in [-0.1, -0.05) is 66.2 Å². The van der Waals surface area contributed by atoms with Crippen LogP contribution in [0.15, 0.2) is 89.8 Å². The van der Waals surface area contributed by atoms with Crippen molar-refractivity contribution in [2.24, 2.45) is 0 Å². The lowest BCUT2D eigenvalue weighted by atomic mass is 10.2. The van der Waals surface area contributed by atoms with E-state index in [-0.39, 0.29) is 10.8 Å². The van der Waals surface area contributed by atoms with Crippen molar-refractivity contribution < 1.29 is 13.2 Å². The van der Waals surface area contributed by atoms with Gasteiger partial charge in [0, 0.05) is 19.7 Å². The summed E-state index contributed by atoms with van der Waals surface area (Å²) in [6, 6.07) is 22.6. The summed E-state index contributed by atoms with van der Waals surface area (Å²) in [7, 11) is -2.03. The van der Waals surface area contributed by atoms with Crippen LogP contribution >= 0.6 is 11.6 Å². The molecule has 3 rings (SSSR count). The second kappa shape index (κ2) is 9.61. The Balaban J connectivity index is 1.65. The molecule has 154 valence electrons. The minimum Gasteiger partial charge on any atom is -0.338 e. The lowest BCUT2D eigenvalue weighted by Crippen LogP contribution is -2.24. The van der Waals surface area contributed by atoms with Crippen molar-refractivity contribution in [3.05, 3.63) is 101 Å². The van der Waals surface area contributed by atoms with E-state index in [0.717, 1.165) is 5.56 Å². The van der Waals surface area contributed by atoms with E-state index in [2.05, 4.69) is 4.72 Å². The molecule has 0 aliphatic rings. The molecule has 30 heavy (non-hydrogen) atoms. The fourth-order valence-corrected chi connectivity index (χ4v) is 4.05. The van der Waals surface area contributed by atoms with Gasteiger partial charge in [0.25, 0.3) is 10.0 Å². The van der Waals surface area contributed by atoms with Crippen molar-refractivity contribution in [3.8, 4) is 0 Å². The van der Waals surface area contributed by atoms with Crippen LogP contribution in [0.1, 0.15) is 11.1 Å². The Labute approximate surface area is 181 Å². The van der Waals surface area contributed by atoms with Crippen LogP contribution in [0.5, 0.6) is 0 Å². The number of anilines is 1. The van der Waals surface area contributed by atoms with Gasteiger partial charge in [-0.3, -0.25) is 9.52 Å². The highest BCUT2D eigenvalue weighted by Gasteiger charge is 2.15. The van der Waals surface area contributed by atoms with E-state index >= 15 is 0 Å². The molecule has 0 aromatic heterocycles. The summed E-state index contributed by atoms with van der Waals surface area (Å²) >= 11 is 6.02. The maximum Gasteiger partial charge on any atom is 0.261 e. The monoisotopic (exact) mass is 440 g/mol. The number of likely N-dealkylation sites (N-methyl/N-ethyl adjacent to an activating group) is 1. The van der Waals surface area contributed by atoms with E-state index in [1.807, 2.05) is 30.3 Å². The van der Waals surface area contributed by atoms with Crippen LogP contribution in [-0.4, -0.2) is 26.3 Å². The molecule has 0 saturated heterocycles. The first kappa shape index (κ1) is 21.6. The summed E-state index contributed by atoms with van der Waals surface area (Å²) in [6.07, 6.45) is 3.12. The Morgan fingerprint density at radius 1 is 0.967 bits per heavy atom. The highest BCUT2D eigenvalue weighted by Crippen LogP contribution is 2.24. The number of rotatable bonds is 7. The molecule has 0 aliphatic heterocycles. The van der Waals surface area contributed by atoms with E-state index < -0.39 is 10.0 Å². The zero-order valence-electron chi connectivity index (χ0n) is 16.3. The van der Waals surface area contributed by atoms with Crippen molar-refractivity contribution in [2.75, 3.05) is 11.8 Å². The van der Waals surface area contributed by atoms with E-state index in [1.165, 1.54) is 18.2 Å². The van der Waals surface area contributed by atoms with Crippen LogP contribution in [0.3, 0.4) is 0 Å². The predicted molar refractivity (Wildman–Crippen MR) is 121 cm³/mol. The number of para-hydroxylation sites is 1. The van der Waals surface area contributed by atoms with Crippen LogP contribution in [0, 0.1) is 0 Å². The third-order valence-electron chi connectivity index (χ3n) is 4.37. The minimum atomic E-state index is -3.77. The van der Waals surface area contributed by atoms with Gasteiger partial charge in [-0.2, -0.15) is 0 Å². The molecule has 3 aromatic rings. The standard InChI is InChI=1S/C23H21ClN2O3S/c1-26(17-19-7-3-2-4-8-19)23(27)16-13-18-11-14-20(15-12-18)30(28,29)25-22-10-6-5-9-21(22)24/h2-16,25H,17H2,1H3/b16-13+. The highest BCUT2D eigenvalue weighted by atomic mass is 35.5. The third-order valence-corrected chi connectivity index (χ3v) is 6.08. The van der Waals surface area contributed by atoms with E-state index in [4.69, 9.17) is 11.6 Å². The fraction of sp³-hybridized carbons (Fsp3) is 0.0870. The molecule has 1 N–H and O–H groups in total. The zero-order valence-corrected chi connectivity index (χ0v) is 17.9. The number of hydrogen-bond donors (Lipinski definition) is 1. The molecule has 1 amide bonds. The molecule has 0 radical (unpaired) electrons. The minimum absolute atomic E-state index is 0.104. The number of hydrogen-bond acceptors (Lipinski definition) is 3. The summed E-state index contributed by atoms with van der Waals surface area (Å²) in [4.78, 5) is 14.0. The molecule has 3 aromatic carbocycles. The Hall–Kier alpha value is -3.09. The van der Waals surface area contributed by atoms with Crippen LogP contribution < -0.4 is 4.72 Å². The van der Waals surface area contributed by atoms with Gasteiger partial charge in [-0.15, -0.1) is 0 Å². The van der Waals surface area contributed by atoms with Crippen molar-refractivity contribution in [1.82, 2.24) is 4.90 Å². The van der Waals surface area contributed by atoms with Crippen LogP contribution in [0.2, 0.25) is 5.02 Å². The second-order valence-electron chi connectivity index (χ2n) is 6.67. The summed E-state index contributed by atoms with van der Waals surface area (Å²) in [6.45, 7) is 0.509. The first-order chi connectivity index (χ1) is 14.3. The average Bonchev–Trinajstić information content (AvgIpc) is 2.74. The Bertz CT molecular complexity index is 1140. The molecule has 5 nitrogen and oxygen atoms in total. The number of amides is 1. The first-order valence-electron chi connectivity index (χ1n) is 9.20. The van der Waals surface area contributed by atoms with E-state index in [0.29, 0.717) is 22.8 Å². The number of benzene rings is 3. The van der Waals surface area contributed by atoms with Crippen LogP contribution in [0.25, 0.3) is 6.08 Å². The van der Waals surface area contributed by atoms with Crippen LogP contribution in [0.4, 0.5) is 5.69 Å². The van der Waals surface area contributed by atoms with Gasteiger partial charge in [-0.25, -0.2) is 8.42 Å². The summed E-state index contributed by atoms with van der Waals surface area (Å²) < 4.78 is 27.6. The van der Waals surface area contributed by atoms with Gasteiger partial charge >= 0.3 is 0 Å². The normalized spacial score (nSPS) is 11.4. The van der Waals surface area contributed by atoms with Gasteiger partial charge < -0.3 is 4.90 Å². The second-order valence-corrected chi connectivity index (χ2v) is 8.76. The molecule has 0 bridgehead atoms. The van der Waals surface area contributed by atoms with E-state index in [9.17, 15) is 13.2 Å². The molecular weight excluding hydrogens is 420 g/mol. The van der Waals surface area contributed by atoms with Crippen molar-refractivity contribution in [3.63, 3.8) is 0 Å². The molecule has 0 fully saturated rings. The Morgan fingerprint density at radius 2 is 1.60 bits per heavy atom. The largest absolute Gasteiger partial charge is 0.338 e. The van der Waals surface area contributed by atoms with Crippen molar-refractivity contribution >= 4 is 39.3 Å². The summed E-state index contributed by atoms with van der Waals surface area (Å²) in [5.41, 5.74) is 2.07. The summed E-state index contributed by atoms with van der Waals surface area (Å²) in [5.74, 6) is -0.143. The van der Waals surface area contributed by atoms with Gasteiger partial charge in [-0.05, 0) is 41.5 Å². The van der Waals surface area contributed by atoms with Gasteiger partial charge in [0.05, 0.1) is 15.6 Å². The quantitative estimate of drug-likeness (QED) is 0.536. The van der Waals surface area contributed by atoms with Crippen molar-refractivity contribution in [1.29, 1.82) is 0 Å². The molecule has 0 aliphatic carbocycles. The smallest absolute Gasteiger partial charge is 0.261 e. The topological polar surface area (TPSA) is 66.5 Å². The number of sulfonamides is 1. The third kappa shape index (κ3) is 5.72. The lowest BCUT2D eigenvalue weighted by molar-refractivity contribution is -0.125. The molecule has 0 atom stereocenters. The van der Waals surface area contributed by atoms with Gasteiger partial charge in [0.15, 0.2) is 0 Å². The molecule has 0 spiro atoms. The first-order valence-corrected chi connectivity index (χ1v) is 11.1. The Morgan fingerprint density at radius 3 is 2.27 bits per heavy atom. The maximum atomic E-state index is 12.5. The molecule has 0 heterocycles. The summed E-state index contributed by atoms with van der Waals surface area (Å²) in [5, 5.41) is 0.318. The predicted octanol–water partition coefficient (Wildman–Crippen LogP) is 4.81. The van der Waals surface area contributed by atoms with Gasteiger partial charge in [0.1, 0.15) is 0 Å². The SMILES string of the molecule is CN(Cc1ccccc1)C(=O)/C=C/c1ccc(S(=O)(=O)Nc2ccccc2Cl)cc1. The van der Waals surface area contributed by atoms with E-state index in [1.54, 1.807) is 54.4 Å². The molecule has 0 saturated carbocycles. The van der Waals surface area contributed by atoms with Crippen LogP contribution in [-0.2, 0) is 21.4 Å². The number of nitrogens with one attached hydrogen (secondary N) is 1. The number of carbonyl (C=O) groups is 1. The maximum absolute atomic E-state index is 12.5. The van der Waals surface area contributed by atoms with Crippen molar-refractivity contribution in [2.45, 2.75) is 11.4 Å². The fourth-order valence-electron chi connectivity index (χ4n) is 2.74. The highest BCUT2D eigenvalue weighted by molar-refractivity contribution is 7.92. The number of carbonyl (C=O) groups excluding carboxylic acids is 1. The Kier molecular flexibility index (Phi) is 6.92. The number of halogens is 1.